The van der Waals surface area contributed by atoms with Crippen molar-refractivity contribution in [2.24, 2.45) is 0 Å². The summed E-state index contributed by atoms with van der Waals surface area (Å²) < 4.78 is 0. The molecule has 1 N–H and O–H groups in total. The number of anilines is 1. The molecule has 0 amide bonds. The summed E-state index contributed by atoms with van der Waals surface area (Å²) in [6.07, 6.45) is 2.49. The van der Waals surface area contributed by atoms with Crippen molar-refractivity contribution in [1.29, 1.82) is 0 Å². The normalized spacial score (nSPS) is 20.2. The Bertz CT molecular complexity index is 260. The fourth-order valence-electron chi connectivity index (χ4n) is 1.59. The summed E-state index contributed by atoms with van der Waals surface area (Å²) in [5, 5.41) is 3.46. The predicted octanol–water partition coefficient (Wildman–Crippen LogP) is 2.43. The van der Waals surface area contributed by atoms with E-state index in [0.717, 1.165) is 0 Å². The Kier molecular flexibility index (Phi) is 3.36. The Labute approximate surface area is 88.4 Å². The van der Waals surface area contributed by atoms with E-state index in [0.29, 0.717) is 6.04 Å². The van der Waals surface area contributed by atoms with Gasteiger partial charge in [0, 0.05) is 33.4 Å². The number of benzene rings is 1. The average Bonchev–Trinajstić information content (AvgIpc) is 2.04. The summed E-state index contributed by atoms with van der Waals surface area (Å²) >= 11 is 0. The molecule has 0 saturated carbocycles. The standard InChI is InChI=1S/C10H13N.Ti/c1-8-6-7-9-4-2-3-5-10(9)11-8;/h2-5,8,11H,6-7H2,1H3;. The van der Waals surface area contributed by atoms with Crippen molar-refractivity contribution in [1.82, 2.24) is 0 Å². The molecule has 2 rings (SSSR count). The molecule has 1 atom stereocenters. The monoisotopic (exact) mass is 195 g/mol. The zero-order chi connectivity index (χ0) is 7.68. The molecule has 12 heavy (non-hydrogen) atoms. The van der Waals surface area contributed by atoms with Gasteiger partial charge in [0.15, 0.2) is 0 Å². The molecule has 0 fully saturated rings. The Balaban J connectivity index is 0.000000720. The average molecular weight is 195 g/mol. The summed E-state index contributed by atoms with van der Waals surface area (Å²) in [7, 11) is 0. The van der Waals surface area contributed by atoms with E-state index in [-0.39, 0.29) is 21.7 Å². The second-order valence-corrected chi connectivity index (χ2v) is 3.24. The van der Waals surface area contributed by atoms with Crippen molar-refractivity contribution in [2.45, 2.75) is 25.8 Å². The van der Waals surface area contributed by atoms with Gasteiger partial charge in [0.1, 0.15) is 0 Å². The molecule has 1 nitrogen and oxygen atoms in total. The summed E-state index contributed by atoms with van der Waals surface area (Å²) in [6.45, 7) is 2.23. The van der Waals surface area contributed by atoms with Crippen LogP contribution in [-0.2, 0) is 28.1 Å². The van der Waals surface area contributed by atoms with Gasteiger partial charge < -0.3 is 5.32 Å². The van der Waals surface area contributed by atoms with Gasteiger partial charge in [-0.25, -0.2) is 0 Å². The molecule has 0 spiro atoms. The Hall–Kier alpha value is -0.266. The fourth-order valence-corrected chi connectivity index (χ4v) is 1.59. The van der Waals surface area contributed by atoms with Crippen LogP contribution < -0.4 is 5.32 Å². The molecule has 0 aromatic heterocycles. The Morgan fingerprint density at radius 1 is 1.33 bits per heavy atom. The van der Waals surface area contributed by atoms with E-state index >= 15 is 0 Å². The van der Waals surface area contributed by atoms with E-state index in [1.807, 2.05) is 0 Å². The van der Waals surface area contributed by atoms with Gasteiger partial charge in [0.2, 0.25) is 0 Å². The van der Waals surface area contributed by atoms with Crippen LogP contribution >= 0.6 is 0 Å². The van der Waals surface area contributed by atoms with Gasteiger partial charge in [0.25, 0.3) is 0 Å². The molecule has 1 aromatic carbocycles. The van der Waals surface area contributed by atoms with Gasteiger partial charge in [-0.05, 0) is 31.4 Å². The molecular weight excluding hydrogens is 182 g/mol. The topological polar surface area (TPSA) is 12.0 Å². The first-order chi connectivity index (χ1) is 5.36. The maximum absolute atomic E-state index is 3.46. The first kappa shape index (κ1) is 9.82. The zero-order valence-electron chi connectivity index (χ0n) is 7.30. The van der Waals surface area contributed by atoms with E-state index in [1.165, 1.54) is 24.1 Å². The molecule has 1 unspecified atom stereocenters. The third-order valence-electron chi connectivity index (χ3n) is 2.27. The van der Waals surface area contributed by atoms with Gasteiger partial charge in [-0.1, -0.05) is 18.2 Å². The molecule has 62 valence electrons. The van der Waals surface area contributed by atoms with Gasteiger partial charge >= 0.3 is 0 Å². The van der Waals surface area contributed by atoms with Crippen molar-refractivity contribution in [3.05, 3.63) is 29.8 Å². The van der Waals surface area contributed by atoms with E-state index in [1.54, 1.807) is 0 Å². The molecular formula is C10H13NTi. The van der Waals surface area contributed by atoms with E-state index in [2.05, 4.69) is 36.5 Å². The SMILES string of the molecule is CC1CCc2ccccc2N1.[Ti]. The van der Waals surface area contributed by atoms with Gasteiger partial charge in [-0.2, -0.15) is 0 Å². The summed E-state index contributed by atoms with van der Waals surface area (Å²) in [5.41, 5.74) is 2.79. The van der Waals surface area contributed by atoms with Crippen molar-refractivity contribution >= 4 is 5.69 Å². The van der Waals surface area contributed by atoms with Crippen molar-refractivity contribution < 1.29 is 21.7 Å². The van der Waals surface area contributed by atoms with E-state index in [9.17, 15) is 0 Å². The number of nitrogens with one attached hydrogen (secondary N) is 1. The van der Waals surface area contributed by atoms with Gasteiger partial charge in [0.05, 0.1) is 0 Å². The molecule has 0 radical (unpaired) electrons. The minimum Gasteiger partial charge on any atom is -0.382 e. The van der Waals surface area contributed by atoms with E-state index in [4.69, 9.17) is 0 Å². The molecule has 0 aliphatic carbocycles. The van der Waals surface area contributed by atoms with Crippen LogP contribution in [0, 0.1) is 0 Å². The van der Waals surface area contributed by atoms with Crippen LogP contribution in [0.15, 0.2) is 24.3 Å². The second kappa shape index (κ2) is 4.11. The summed E-state index contributed by atoms with van der Waals surface area (Å²) in [5.74, 6) is 0. The first-order valence-electron chi connectivity index (χ1n) is 4.21. The number of aryl methyl sites for hydroxylation is 1. The van der Waals surface area contributed by atoms with E-state index < -0.39 is 0 Å². The summed E-state index contributed by atoms with van der Waals surface area (Å²) in [6, 6.07) is 9.20. The van der Waals surface area contributed by atoms with Crippen LogP contribution in [0.3, 0.4) is 0 Å². The Morgan fingerprint density at radius 3 is 2.92 bits per heavy atom. The molecule has 0 saturated heterocycles. The van der Waals surface area contributed by atoms with Crippen molar-refractivity contribution in [2.75, 3.05) is 5.32 Å². The van der Waals surface area contributed by atoms with Gasteiger partial charge in [-0.15, -0.1) is 0 Å². The van der Waals surface area contributed by atoms with Crippen molar-refractivity contribution in [3.63, 3.8) is 0 Å². The zero-order valence-corrected chi connectivity index (χ0v) is 8.86. The molecule has 1 heterocycles. The van der Waals surface area contributed by atoms with Crippen LogP contribution in [-0.4, -0.2) is 6.04 Å². The molecule has 1 aliphatic heterocycles. The molecule has 2 heteroatoms. The second-order valence-electron chi connectivity index (χ2n) is 3.24. The summed E-state index contributed by atoms with van der Waals surface area (Å²) in [4.78, 5) is 0. The van der Waals surface area contributed by atoms with Crippen molar-refractivity contribution in [3.8, 4) is 0 Å². The smallest absolute Gasteiger partial charge is 0.0374 e. The van der Waals surface area contributed by atoms with Gasteiger partial charge in [-0.3, -0.25) is 0 Å². The minimum atomic E-state index is 0. The largest absolute Gasteiger partial charge is 0.382 e. The van der Waals surface area contributed by atoms with Crippen LogP contribution in [0.25, 0.3) is 0 Å². The number of hydrogen-bond donors (Lipinski definition) is 1. The third kappa shape index (κ3) is 1.91. The predicted molar refractivity (Wildman–Crippen MR) is 47.8 cm³/mol. The maximum Gasteiger partial charge on any atom is 0.0374 e. The molecule has 0 bridgehead atoms. The number of rotatable bonds is 0. The van der Waals surface area contributed by atoms with Crippen LogP contribution in [0.5, 0.6) is 0 Å². The van der Waals surface area contributed by atoms with Crippen LogP contribution in [0.1, 0.15) is 18.9 Å². The fraction of sp³-hybridized carbons (Fsp3) is 0.400. The van der Waals surface area contributed by atoms with Crippen LogP contribution in [0.4, 0.5) is 5.69 Å². The Morgan fingerprint density at radius 2 is 2.08 bits per heavy atom. The van der Waals surface area contributed by atoms with Crippen LogP contribution in [0.2, 0.25) is 0 Å². The molecule has 1 aliphatic rings. The maximum atomic E-state index is 3.46. The number of hydrogen-bond acceptors (Lipinski definition) is 1. The first-order valence-corrected chi connectivity index (χ1v) is 4.21. The minimum absolute atomic E-state index is 0. The quantitative estimate of drug-likeness (QED) is 0.627. The third-order valence-corrected chi connectivity index (χ3v) is 2.27. The number of para-hydroxylation sites is 1. The molecule has 1 aromatic rings. The number of fused-ring (bicyclic) bond motifs is 1.